The van der Waals surface area contributed by atoms with Crippen molar-refractivity contribution in [2.45, 2.75) is 25.0 Å². The molecule has 3 nitrogen and oxygen atoms in total. The molecule has 1 unspecified atom stereocenters. The molecule has 0 aliphatic carbocycles. The lowest BCUT2D eigenvalue weighted by atomic mass is 9.76. The molecule has 1 spiro atoms. The number of hydrogen-bond donors (Lipinski definition) is 1. The third kappa shape index (κ3) is 2.83. The van der Waals surface area contributed by atoms with Crippen molar-refractivity contribution in [3.63, 3.8) is 0 Å². The number of ether oxygens (including phenoxy) is 1. The van der Waals surface area contributed by atoms with Gasteiger partial charge in [0, 0.05) is 29.5 Å². The van der Waals surface area contributed by atoms with Crippen LogP contribution in [-0.2, 0) is 5.41 Å². The summed E-state index contributed by atoms with van der Waals surface area (Å²) in [7, 11) is 2.12. The summed E-state index contributed by atoms with van der Waals surface area (Å²) in [5, 5.41) is 0. The number of benzene rings is 4. The van der Waals surface area contributed by atoms with Gasteiger partial charge < -0.3 is 15.4 Å². The number of nitrogen functional groups attached to an aromatic ring is 1. The van der Waals surface area contributed by atoms with Gasteiger partial charge in [-0.25, -0.2) is 0 Å². The van der Waals surface area contributed by atoms with E-state index in [0.717, 1.165) is 28.1 Å². The van der Waals surface area contributed by atoms with Crippen LogP contribution in [0.3, 0.4) is 0 Å². The Morgan fingerprint density at radius 3 is 2.15 bits per heavy atom. The second-order valence-corrected chi connectivity index (χ2v) is 9.76. The van der Waals surface area contributed by atoms with Gasteiger partial charge in [-0.3, -0.25) is 0 Å². The molecule has 2 aliphatic rings. The fourth-order valence-electron chi connectivity index (χ4n) is 5.59. The fourth-order valence-corrected chi connectivity index (χ4v) is 5.59. The maximum Gasteiger partial charge on any atom is 0.211 e. The van der Waals surface area contributed by atoms with Crippen LogP contribution in [0.15, 0.2) is 97.1 Å². The van der Waals surface area contributed by atoms with Crippen molar-refractivity contribution in [2.24, 2.45) is 0 Å². The molecule has 0 bridgehead atoms. The van der Waals surface area contributed by atoms with Crippen molar-refractivity contribution >= 4 is 17.5 Å². The lowest BCUT2D eigenvalue weighted by Gasteiger charge is -2.46. The van der Waals surface area contributed by atoms with Crippen molar-refractivity contribution in [1.82, 2.24) is 0 Å². The highest BCUT2D eigenvalue weighted by molar-refractivity contribution is 5.84. The van der Waals surface area contributed by atoms with E-state index in [1.165, 1.54) is 22.4 Å². The number of para-hydroxylation sites is 1. The summed E-state index contributed by atoms with van der Waals surface area (Å²) in [6, 6.07) is 31.7. The van der Waals surface area contributed by atoms with Gasteiger partial charge in [-0.15, -0.1) is 0 Å². The van der Waals surface area contributed by atoms with Crippen molar-refractivity contribution in [3.8, 4) is 28.0 Å². The number of rotatable bonds is 2. The van der Waals surface area contributed by atoms with Gasteiger partial charge in [-0.05, 0) is 66.5 Å². The van der Waals surface area contributed by atoms with Crippen molar-refractivity contribution < 1.29 is 4.74 Å². The van der Waals surface area contributed by atoms with Gasteiger partial charge >= 0.3 is 0 Å². The van der Waals surface area contributed by atoms with Gasteiger partial charge in [0.05, 0.1) is 5.41 Å². The highest BCUT2D eigenvalue weighted by atomic mass is 16.5. The topological polar surface area (TPSA) is 38.5 Å². The van der Waals surface area contributed by atoms with E-state index in [2.05, 4.69) is 111 Å². The van der Waals surface area contributed by atoms with E-state index in [1.54, 1.807) is 0 Å². The summed E-state index contributed by atoms with van der Waals surface area (Å²) < 4.78 is 7.03. The smallest absolute Gasteiger partial charge is 0.211 e. The van der Waals surface area contributed by atoms with Crippen LogP contribution in [0.4, 0.5) is 11.4 Å². The average Bonchev–Trinajstić information content (AvgIpc) is 3.03. The molecule has 2 heterocycles. The van der Waals surface area contributed by atoms with Crippen LogP contribution in [0, 0.1) is 0 Å². The molecule has 34 heavy (non-hydrogen) atoms. The molecule has 0 amide bonds. The molecule has 168 valence electrons. The van der Waals surface area contributed by atoms with Crippen LogP contribution in [0.5, 0.6) is 5.75 Å². The van der Waals surface area contributed by atoms with Crippen molar-refractivity contribution in [3.05, 3.63) is 108 Å². The van der Waals surface area contributed by atoms with E-state index in [1.807, 2.05) is 18.2 Å². The number of anilines is 2. The third-order valence-electron chi connectivity index (χ3n) is 7.52. The Labute approximate surface area is 201 Å². The molecular formula is C31H28N2O. The summed E-state index contributed by atoms with van der Waals surface area (Å²) in [5.74, 6) is 0.872. The first kappa shape index (κ1) is 20.6. The number of nitrogens with zero attached hydrogens (tertiary/aromatic N) is 1. The average molecular weight is 445 g/mol. The molecule has 2 N–H and O–H groups in total. The molecule has 2 aliphatic heterocycles. The molecule has 0 aromatic heterocycles. The van der Waals surface area contributed by atoms with Gasteiger partial charge in [0.15, 0.2) is 0 Å². The fraction of sp³-hybridized carbons (Fsp3) is 0.161. The maximum atomic E-state index is 7.03. The van der Waals surface area contributed by atoms with E-state index in [4.69, 9.17) is 10.5 Å². The predicted molar refractivity (Wildman–Crippen MR) is 142 cm³/mol. The Kier molecular flexibility index (Phi) is 4.40. The van der Waals surface area contributed by atoms with Crippen molar-refractivity contribution in [1.29, 1.82) is 0 Å². The van der Waals surface area contributed by atoms with Crippen LogP contribution in [-0.4, -0.2) is 12.8 Å². The largest absolute Gasteiger partial charge is 0.462 e. The molecular weight excluding hydrogens is 416 g/mol. The van der Waals surface area contributed by atoms with E-state index in [0.29, 0.717) is 0 Å². The first-order valence-corrected chi connectivity index (χ1v) is 11.7. The number of hydrogen-bond acceptors (Lipinski definition) is 3. The van der Waals surface area contributed by atoms with E-state index >= 15 is 0 Å². The lowest BCUT2D eigenvalue weighted by Crippen LogP contribution is -2.58. The van der Waals surface area contributed by atoms with E-state index in [9.17, 15) is 0 Å². The molecule has 1 atom stereocenters. The third-order valence-corrected chi connectivity index (χ3v) is 7.52. The molecule has 0 saturated carbocycles. The summed E-state index contributed by atoms with van der Waals surface area (Å²) in [4.78, 5) is 2.26. The summed E-state index contributed by atoms with van der Waals surface area (Å²) in [6.45, 7) is 4.52. The summed E-state index contributed by atoms with van der Waals surface area (Å²) >= 11 is 0. The lowest BCUT2D eigenvalue weighted by molar-refractivity contribution is 0.0588. The number of nitrogens with two attached hydrogens (primary N) is 1. The van der Waals surface area contributed by atoms with Gasteiger partial charge in [-0.2, -0.15) is 0 Å². The minimum atomic E-state index is -0.626. The van der Waals surface area contributed by atoms with E-state index < -0.39 is 5.72 Å². The zero-order valence-corrected chi connectivity index (χ0v) is 19.7. The first-order valence-electron chi connectivity index (χ1n) is 11.7. The zero-order chi connectivity index (χ0) is 23.5. The van der Waals surface area contributed by atoms with Crippen LogP contribution < -0.4 is 15.4 Å². The minimum absolute atomic E-state index is 0.248. The summed E-state index contributed by atoms with van der Waals surface area (Å²) in [5.41, 5.74) is 14.2. The second kappa shape index (κ2) is 7.26. The number of likely N-dealkylation sites (N-methyl/N-ethyl adjacent to an activating group) is 1. The number of fused-ring (bicyclic) bond motifs is 2. The monoisotopic (exact) mass is 444 g/mol. The highest BCUT2D eigenvalue weighted by Crippen LogP contribution is 2.55. The standard InChI is InChI=1S/C31H28N2O/c1-30(2)27-11-7-8-12-28(27)33(3)31(30)18-17-24-19-25(32)20-26(29(24)34-31)23-15-13-22(14-16-23)21-9-5-4-6-10-21/h4-20H,32H2,1-3H3. The molecule has 4 aromatic carbocycles. The molecule has 6 rings (SSSR count). The van der Waals surface area contributed by atoms with Gasteiger partial charge in [0.1, 0.15) is 5.75 Å². The quantitative estimate of drug-likeness (QED) is 0.334. The van der Waals surface area contributed by atoms with Gasteiger partial charge in [0.2, 0.25) is 5.72 Å². The molecule has 0 radical (unpaired) electrons. The van der Waals surface area contributed by atoms with E-state index in [-0.39, 0.29) is 5.41 Å². The van der Waals surface area contributed by atoms with Gasteiger partial charge in [-0.1, -0.05) is 72.8 Å². The normalized spacial score (nSPS) is 19.6. The molecule has 3 heteroatoms. The second-order valence-electron chi connectivity index (χ2n) is 9.76. The van der Waals surface area contributed by atoms with Gasteiger partial charge in [0.25, 0.3) is 0 Å². The predicted octanol–water partition coefficient (Wildman–Crippen LogP) is 7.13. The van der Waals surface area contributed by atoms with Crippen LogP contribution in [0.2, 0.25) is 0 Å². The Morgan fingerprint density at radius 1 is 0.765 bits per heavy atom. The zero-order valence-electron chi connectivity index (χ0n) is 19.7. The first-order chi connectivity index (χ1) is 16.4. The Hall–Kier alpha value is -3.98. The molecule has 0 fully saturated rings. The molecule has 4 aromatic rings. The Morgan fingerprint density at radius 2 is 1.41 bits per heavy atom. The minimum Gasteiger partial charge on any atom is -0.462 e. The van der Waals surface area contributed by atoms with Crippen LogP contribution >= 0.6 is 0 Å². The highest BCUT2D eigenvalue weighted by Gasteiger charge is 2.57. The molecule has 0 saturated heterocycles. The Balaban J connectivity index is 1.46. The summed E-state index contributed by atoms with van der Waals surface area (Å²) in [6.07, 6.45) is 4.36. The van der Waals surface area contributed by atoms with Crippen LogP contribution in [0.25, 0.3) is 28.3 Å². The Bertz CT molecular complexity index is 1420. The maximum absolute atomic E-state index is 7.03. The SMILES string of the molecule is CN1c2ccccc2C(C)(C)C12C=Cc1cc(N)cc(-c3ccc(-c4ccccc4)cc3)c1O2. The van der Waals surface area contributed by atoms with Crippen molar-refractivity contribution in [2.75, 3.05) is 17.7 Å². The van der Waals surface area contributed by atoms with Crippen LogP contribution in [0.1, 0.15) is 25.0 Å².